The fourth-order valence-electron chi connectivity index (χ4n) is 0.476. The Kier molecular flexibility index (Phi) is 3.11. The van der Waals surface area contributed by atoms with E-state index in [1.165, 1.54) is 13.8 Å². The van der Waals surface area contributed by atoms with Crippen molar-refractivity contribution in [2.24, 2.45) is 0 Å². The van der Waals surface area contributed by atoms with E-state index in [1.54, 1.807) is 0 Å². The van der Waals surface area contributed by atoms with Gasteiger partial charge in [0.15, 0.2) is 0 Å². The van der Waals surface area contributed by atoms with Crippen LogP contribution in [0.2, 0.25) is 0 Å². The molecule has 1 unspecified atom stereocenters. The molecule has 0 heterocycles. The van der Waals surface area contributed by atoms with E-state index < -0.39 is 11.7 Å². The van der Waals surface area contributed by atoms with Crippen LogP contribution in [0.5, 0.6) is 0 Å². The van der Waals surface area contributed by atoms with Gasteiger partial charge in [0.25, 0.3) is 0 Å². The minimum atomic E-state index is -1.09. The maximum absolute atomic E-state index is 9.06. The van der Waals surface area contributed by atoms with E-state index in [0.29, 0.717) is 0 Å². The van der Waals surface area contributed by atoms with Crippen molar-refractivity contribution < 1.29 is 15.3 Å². The summed E-state index contributed by atoms with van der Waals surface area (Å²) in [5, 5.41) is 26.4. The van der Waals surface area contributed by atoms with Crippen molar-refractivity contribution in [3.63, 3.8) is 0 Å². The van der Waals surface area contributed by atoms with Crippen molar-refractivity contribution >= 4 is 0 Å². The molecule has 0 spiro atoms. The Hall–Kier alpha value is -0.120. The van der Waals surface area contributed by atoms with E-state index in [4.69, 9.17) is 15.3 Å². The second-order valence-electron chi connectivity index (χ2n) is 2.68. The van der Waals surface area contributed by atoms with Gasteiger partial charge in [-0.25, -0.2) is 0 Å². The van der Waals surface area contributed by atoms with Gasteiger partial charge in [0.2, 0.25) is 0 Å². The summed E-state index contributed by atoms with van der Waals surface area (Å²) in [4.78, 5) is 0. The molecular weight excluding hydrogens is 120 g/mol. The lowest BCUT2D eigenvalue weighted by Gasteiger charge is -2.23. The van der Waals surface area contributed by atoms with E-state index in [-0.39, 0.29) is 13.0 Å². The van der Waals surface area contributed by atoms with Crippen LogP contribution in [0.3, 0.4) is 0 Å². The van der Waals surface area contributed by atoms with Gasteiger partial charge in [0.1, 0.15) is 0 Å². The molecule has 0 amide bonds. The second-order valence-corrected chi connectivity index (χ2v) is 2.68. The SMILES string of the molecule is CC(C)(O)C(O)CCO. The summed E-state index contributed by atoms with van der Waals surface area (Å²) in [5.41, 5.74) is -1.09. The van der Waals surface area contributed by atoms with E-state index in [1.807, 2.05) is 0 Å². The topological polar surface area (TPSA) is 60.7 Å². The molecule has 0 bridgehead atoms. The third-order valence-corrected chi connectivity index (χ3v) is 1.22. The third-order valence-electron chi connectivity index (χ3n) is 1.22. The molecule has 0 aromatic carbocycles. The van der Waals surface area contributed by atoms with Gasteiger partial charge in [-0.15, -0.1) is 0 Å². The Bertz CT molecular complexity index is 74.9. The summed E-state index contributed by atoms with van der Waals surface area (Å²) in [5.74, 6) is 0. The van der Waals surface area contributed by atoms with Crippen molar-refractivity contribution in [1.29, 1.82) is 0 Å². The van der Waals surface area contributed by atoms with Crippen molar-refractivity contribution in [3.8, 4) is 0 Å². The maximum Gasteiger partial charge on any atom is 0.0850 e. The van der Waals surface area contributed by atoms with Gasteiger partial charge in [0, 0.05) is 6.61 Å². The quantitative estimate of drug-likeness (QED) is 0.487. The monoisotopic (exact) mass is 134 g/mol. The summed E-state index contributed by atoms with van der Waals surface area (Å²) < 4.78 is 0. The zero-order chi connectivity index (χ0) is 7.49. The highest BCUT2D eigenvalue weighted by Crippen LogP contribution is 2.10. The molecule has 3 heteroatoms. The first kappa shape index (κ1) is 8.88. The largest absolute Gasteiger partial charge is 0.396 e. The summed E-state index contributed by atoms with van der Waals surface area (Å²) in [7, 11) is 0. The third kappa shape index (κ3) is 3.46. The molecule has 0 fully saturated rings. The molecule has 9 heavy (non-hydrogen) atoms. The van der Waals surface area contributed by atoms with Crippen LogP contribution >= 0.6 is 0 Å². The van der Waals surface area contributed by atoms with Crippen molar-refractivity contribution in [3.05, 3.63) is 0 Å². The molecule has 0 saturated carbocycles. The van der Waals surface area contributed by atoms with Crippen LogP contribution in [0.25, 0.3) is 0 Å². The minimum absolute atomic E-state index is 0.0921. The number of rotatable bonds is 3. The molecule has 0 aromatic heterocycles. The predicted molar refractivity (Wildman–Crippen MR) is 34.0 cm³/mol. The molecule has 3 nitrogen and oxygen atoms in total. The first-order chi connectivity index (χ1) is 3.98. The van der Waals surface area contributed by atoms with E-state index in [0.717, 1.165) is 0 Å². The number of hydrogen-bond donors (Lipinski definition) is 3. The molecule has 0 rings (SSSR count). The minimum Gasteiger partial charge on any atom is -0.396 e. The Balaban J connectivity index is 3.59. The second kappa shape index (κ2) is 3.15. The van der Waals surface area contributed by atoms with Crippen LogP contribution in [0.1, 0.15) is 20.3 Å². The van der Waals surface area contributed by atoms with E-state index in [2.05, 4.69) is 0 Å². The van der Waals surface area contributed by atoms with Gasteiger partial charge in [0.05, 0.1) is 11.7 Å². The Labute approximate surface area is 54.9 Å². The predicted octanol–water partition coefficient (Wildman–Crippen LogP) is -0.499. The van der Waals surface area contributed by atoms with Crippen LogP contribution < -0.4 is 0 Å². The Morgan fingerprint density at radius 2 is 1.89 bits per heavy atom. The molecule has 0 aromatic rings. The Morgan fingerprint density at radius 3 is 2.00 bits per heavy atom. The number of hydrogen-bond acceptors (Lipinski definition) is 3. The highest BCUT2D eigenvalue weighted by Gasteiger charge is 2.23. The fraction of sp³-hybridized carbons (Fsp3) is 1.00. The molecular formula is C6H14O3. The highest BCUT2D eigenvalue weighted by molar-refractivity contribution is 4.75. The van der Waals surface area contributed by atoms with Gasteiger partial charge in [-0.05, 0) is 20.3 Å². The lowest BCUT2D eigenvalue weighted by Crippen LogP contribution is -2.36. The summed E-state index contributed by atoms with van der Waals surface area (Å²) in [6.45, 7) is 2.92. The standard InChI is InChI=1S/C6H14O3/c1-6(2,9)5(8)3-4-7/h5,7-9H,3-4H2,1-2H3. The molecule has 0 aliphatic heterocycles. The normalized spacial score (nSPS) is 15.7. The van der Waals surface area contributed by atoms with Crippen LogP contribution in [0, 0.1) is 0 Å². The zero-order valence-electron chi connectivity index (χ0n) is 5.83. The van der Waals surface area contributed by atoms with Crippen molar-refractivity contribution in [2.75, 3.05) is 6.61 Å². The van der Waals surface area contributed by atoms with E-state index in [9.17, 15) is 0 Å². The summed E-state index contributed by atoms with van der Waals surface area (Å²) in [6, 6.07) is 0. The lowest BCUT2D eigenvalue weighted by molar-refractivity contribution is -0.0569. The van der Waals surface area contributed by atoms with Crippen molar-refractivity contribution in [1.82, 2.24) is 0 Å². The molecule has 0 aliphatic carbocycles. The first-order valence-electron chi connectivity index (χ1n) is 2.99. The van der Waals surface area contributed by atoms with Crippen LogP contribution in [-0.2, 0) is 0 Å². The van der Waals surface area contributed by atoms with Gasteiger partial charge in [-0.2, -0.15) is 0 Å². The zero-order valence-corrected chi connectivity index (χ0v) is 5.83. The number of aliphatic hydroxyl groups is 3. The van der Waals surface area contributed by atoms with Gasteiger partial charge in [-0.1, -0.05) is 0 Å². The molecule has 3 N–H and O–H groups in total. The highest BCUT2D eigenvalue weighted by atomic mass is 16.3. The van der Waals surface area contributed by atoms with Crippen LogP contribution in [0.15, 0.2) is 0 Å². The molecule has 1 atom stereocenters. The van der Waals surface area contributed by atoms with Gasteiger partial charge in [-0.3, -0.25) is 0 Å². The smallest absolute Gasteiger partial charge is 0.0850 e. The lowest BCUT2D eigenvalue weighted by atomic mass is 10.00. The molecule has 0 saturated heterocycles. The van der Waals surface area contributed by atoms with E-state index >= 15 is 0 Å². The van der Waals surface area contributed by atoms with Gasteiger partial charge < -0.3 is 15.3 Å². The average Bonchev–Trinajstić information content (AvgIpc) is 1.64. The summed E-state index contributed by atoms with van der Waals surface area (Å²) >= 11 is 0. The fourth-order valence-corrected chi connectivity index (χ4v) is 0.476. The molecule has 56 valence electrons. The molecule has 0 aliphatic rings. The average molecular weight is 134 g/mol. The first-order valence-corrected chi connectivity index (χ1v) is 2.99. The van der Waals surface area contributed by atoms with Crippen molar-refractivity contribution in [2.45, 2.75) is 32.0 Å². The van der Waals surface area contributed by atoms with Crippen LogP contribution in [0.4, 0.5) is 0 Å². The van der Waals surface area contributed by atoms with Crippen LogP contribution in [-0.4, -0.2) is 33.6 Å². The van der Waals surface area contributed by atoms with Gasteiger partial charge >= 0.3 is 0 Å². The number of aliphatic hydroxyl groups excluding tert-OH is 2. The molecule has 0 radical (unpaired) electrons. The maximum atomic E-state index is 9.06. The Morgan fingerprint density at radius 1 is 1.44 bits per heavy atom. The summed E-state index contributed by atoms with van der Waals surface area (Å²) in [6.07, 6.45) is -0.605.